The van der Waals surface area contributed by atoms with Crippen LogP contribution in [-0.4, -0.2) is 22.3 Å². The monoisotopic (exact) mass is 276 g/mol. The Morgan fingerprint density at radius 1 is 1.47 bits per heavy atom. The number of hydrogen-bond acceptors (Lipinski definition) is 3. The van der Waals surface area contributed by atoms with Gasteiger partial charge in [-0.1, -0.05) is 0 Å². The lowest BCUT2D eigenvalue weighted by Gasteiger charge is -2.33. The SMILES string of the molecule is CC1c2ccsc2CCN1C(=O)c1ccc(F)nc1. The highest BCUT2D eigenvalue weighted by atomic mass is 32.1. The van der Waals surface area contributed by atoms with Gasteiger partial charge in [-0.15, -0.1) is 11.3 Å². The number of amides is 1. The molecular formula is C14H13FN2OS. The first-order chi connectivity index (χ1) is 9.16. The molecule has 1 amide bonds. The Morgan fingerprint density at radius 3 is 3.05 bits per heavy atom. The van der Waals surface area contributed by atoms with Crippen molar-refractivity contribution < 1.29 is 9.18 Å². The van der Waals surface area contributed by atoms with Crippen LogP contribution in [-0.2, 0) is 6.42 Å². The Balaban J connectivity index is 1.87. The van der Waals surface area contributed by atoms with Crippen molar-refractivity contribution in [3.05, 3.63) is 51.7 Å². The summed E-state index contributed by atoms with van der Waals surface area (Å²) in [5.74, 6) is -0.653. The number of aromatic nitrogens is 1. The summed E-state index contributed by atoms with van der Waals surface area (Å²) in [4.78, 5) is 19.1. The molecular weight excluding hydrogens is 263 g/mol. The molecule has 5 heteroatoms. The van der Waals surface area contributed by atoms with Crippen molar-refractivity contribution in [3.63, 3.8) is 0 Å². The Labute approximate surface area is 114 Å². The molecule has 2 aromatic rings. The molecule has 0 bridgehead atoms. The second-order valence-corrected chi connectivity index (χ2v) is 5.59. The second kappa shape index (κ2) is 4.74. The van der Waals surface area contributed by atoms with E-state index in [1.54, 1.807) is 11.3 Å². The van der Waals surface area contributed by atoms with Crippen molar-refractivity contribution in [3.8, 4) is 0 Å². The van der Waals surface area contributed by atoms with E-state index >= 15 is 0 Å². The minimum atomic E-state index is -0.566. The van der Waals surface area contributed by atoms with Crippen molar-refractivity contribution in [1.29, 1.82) is 0 Å². The Hall–Kier alpha value is -1.75. The molecule has 0 saturated heterocycles. The number of fused-ring (bicyclic) bond motifs is 1. The van der Waals surface area contributed by atoms with E-state index < -0.39 is 5.95 Å². The van der Waals surface area contributed by atoms with Gasteiger partial charge in [-0.25, -0.2) is 4.98 Å². The fourth-order valence-corrected chi connectivity index (χ4v) is 3.42. The smallest absolute Gasteiger partial charge is 0.255 e. The van der Waals surface area contributed by atoms with Gasteiger partial charge in [0.2, 0.25) is 5.95 Å². The van der Waals surface area contributed by atoms with Crippen LogP contribution < -0.4 is 0 Å². The van der Waals surface area contributed by atoms with Gasteiger partial charge in [0.05, 0.1) is 11.6 Å². The quantitative estimate of drug-likeness (QED) is 0.750. The van der Waals surface area contributed by atoms with E-state index in [4.69, 9.17) is 0 Å². The molecule has 3 rings (SSSR count). The van der Waals surface area contributed by atoms with Crippen molar-refractivity contribution in [2.75, 3.05) is 6.54 Å². The standard InChI is InChI=1S/C14H13FN2OS/c1-9-11-5-7-19-12(11)4-6-17(9)14(18)10-2-3-13(15)16-8-10/h2-3,5,7-9H,4,6H2,1H3. The number of pyridine rings is 1. The van der Waals surface area contributed by atoms with Gasteiger partial charge in [-0.3, -0.25) is 4.79 Å². The van der Waals surface area contributed by atoms with Gasteiger partial charge >= 0.3 is 0 Å². The van der Waals surface area contributed by atoms with Crippen LogP contribution in [0, 0.1) is 5.95 Å². The van der Waals surface area contributed by atoms with Gasteiger partial charge in [0.1, 0.15) is 0 Å². The van der Waals surface area contributed by atoms with Crippen LogP contribution in [0.1, 0.15) is 33.8 Å². The summed E-state index contributed by atoms with van der Waals surface area (Å²) in [5, 5.41) is 2.06. The highest BCUT2D eigenvalue weighted by Gasteiger charge is 2.28. The first-order valence-electron chi connectivity index (χ1n) is 6.15. The Bertz CT molecular complexity index is 608. The average Bonchev–Trinajstić information content (AvgIpc) is 2.88. The molecule has 3 nitrogen and oxygen atoms in total. The first-order valence-corrected chi connectivity index (χ1v) is 7.03. The molecule has 98 valence electrons. The molecule has 0 aliphatic carbocycles. The molecule has 1 atom stereocenters. The summed E-state index contributed by atoms with van der Waals surface area (Å²) in [7, 11) is 0. The van der Waals surface area contributed by atoms with Crippen LogP contribution in [0.25, 0.3) is 0 Å². The van der Waals surface area contributed by atoms with Crippen molar-refractivity contribution in [1.82, 2.24) is 9.88 Å². The third-order valence-electron chi connectivity index (χ3n) is 3.51. The van der Waals surface area contributed by atoms with E-state index in [1.807, 2.05) is 11.8 Å². The van der Waals surface area contributed by atoms with Gasteiger partial charge in [-0.2, -0.15) is 4.39 Å². The fraction of sp³-hybridized carbons (Fsp3) is 0.286. The highest BCUT2D eigenvalue weighted by Crippen LogP contribution is 2.33. The van der Waals surface area contributed by atoms with Crippen molar-refractivity contribution in [2.24, 2.45) is 0 Å². The zero-order chi connectivity index (χ0) is 13.4. The molecule has 0 fully saturated rings. The molecule has 0 spiro atoms. The molecule has 1 aliphatic heterocycles. The minimum absolute atomic E-state index is 0.0625. The number of thiophene rings is 1. The van der Waals surface area contributed by atoms with E-state index in [0.717, 1.165) is 6.42 Å². The maximum atomic E-state index is 12.8. The molecule has 1 unspecified atom stereocenters. The number of carbonyl (C=O) groups excluding carboxylic acids is 1. The lowest BCUT2D eigenvalue weighted by molar-refractivity contribution is 0.0679. The van der Waals surface area contributed by atoms with Crippen LogP contribution in [0.5, 0.6) is 0 Å². The van der Waals surface area contributed by atoms with Gasteiger partial charge in [0, 0.05) is 17.6 Å². The van der Waals surface area contributed by atoms with Crippen LogP contribution >= 0.6 is 11.3 Å². The summed E-state index contributed by atoms with van der Waals surface area (Å²) in [6, 6.07) is 4.85. The maximum Gasteiger partial charge on any atom is 0.255 e. The summed E-state index contributed by atoms with van der Waals surface area (Å²) in [5.41, 5.74) is 1.66. The number of rotatable bonds is 1. The third kappa shape index (κ3) is 2.14. The third-order valence-corrected chi connectivity index (χ3v) is 4.51. The van der Waals surface area contributed by atoms with Crippen LogP contribution in [0.2, 0.25) is 0 Å². The molecule has 2 aromatic heterocycles. The lowest BCUT2D eigenvalue weighted by Crippen LogP contribution is -2.38. The Morgan fingerprint density at radius 2 is 2.32 bits per heavy atom. The minimum Gasteiger partial charge on any atom is -0.331 e. The van der Waals surface area contributed by atoms with E-state index in [-0.39, 0.29) is 11.9 Å². The normalized spacial score (nSPS) is 18.2. The van der Waals surface area contributed by atoms with Gasteiger partial charge in [0.25, 0.3) is 5.91 Å². The zero-order valence-electron chi connectivity index (χ0n) is 10.5. The second-order valence-electron chi connectivity index (χ2n) is 4.59. The summed E-state index contributed by atoms with van der Waals surface area (Å²) in [6.07, 6.45) is 2.19. The highest BCUT2D eigenvalue weighted by molar-refractivity contribution is 7.10. The first kappa shape index (κ1) is 12.3. The molecule has 3 heterocycles. The number of hydrogen-bond donors (Lipinski definition) is 0. The van der Waals surface area contributed by atoms with Gasteiger partial charge in [0.15, 0.2) is 0 Å². The fourth-order valence-electron chi connectivity index (χ4n) is 2.46. The van der Waals surface area contributed by atoms with Crippen molar-refractivity contribution >= 4 is 17.2 Å². The molecule has 1 aliphatic rings. The number of halogens is 1. The van der Waals surface area contributed by atoms with Crippen LogP contribution in [0.4, 0.5) is 4.39 Å². The van der Waals surface area contributed by atoms with Crippen molar-refractivity contribution in [2.45, 2.75) is 19.4 Å². The molecule has 0 saturated carbocycles. The summed E-state index contributed by atoms with van der Waals surface area (Å²) in [6.45, 7) is 2.73. The van der Waals surface area contributed by atoms with Crippen LogP contribution in [0.3, 0.4) is 0 Å². The van der Waals surface area contributed by atoms with Gasteiger partial charge < -0.3 is 4.90 Å². The summed E-state index contributed by atoms with van der Waals surface area (Å²) < 4.78 is 12.8. The predicted octanol–water partition coefficient (Wildman–Crippen LogP) is 3.04. The van der Waals surface area contributed by atoms with E-state index in [9.17, 15) is 9.18 Å². The molecule has 0 aromatic carbocycles. The molecule has 19 heavy (non-hydrogen) atoms. The van der Waals surface area contributed by atoms with Gasteiger partial charge in [-0.05, 0) is 42.5 Å². The zero-order valence-corrected chi connectivity index (χ0v) is 11.3. The number of nitrogens with zero attached hydrogens (tertiary/aromatic N) is 2. The molecule has 0 radical (unpaired) electrons. The summed E-state index contributed by atoms with van der Waals surface area (Å²) >= 11 is 1.74. The van der Waals surface area contributed by atoms with E-state index in [1.165, 1.54) is 28.8 Å². The van der Waals surface area contributed by atoms with Crippen LogP contribution in [0.15, 0.2) is 29.8 Å². The predicted molar refractivity (Wildman–Crippen MR) is 71.7 cm³/mol. The topological polar surface area (TPSA) is 33.2 Å². The maximum absolute atomic E-state index is 12.8. The van der Waals surface area contributed by atoms with E-state index in [0.29, 0.717) is 12.1 Å². The largest absolute Gasteiger partial charge is 0.331 e. The van der Waals surface area contributed by atoms with E-state index in [2.05, 4.69) is 16.4 Å². The average molecular weight is 276 g/mol. The lowest BCUT2D eigenvalue weighted by atomic mass is 10.0. The molecule has 0 N–H and O–H groups in total. The number of carbonyl (C=O) groups is 1. The Kier molecular flexibility index (Phi) is 3.06.